The molecule has 1 aliphatic heterocycles. The van der Waals surface area contributed by atoms with Gasteiger partial charge in [0.15, 0.2) is 0 Å². The minimum atomic E-state index is -0.803. The summed E-state index contributed by atoms with van der Waals surface area (Å²) >= 11 is 1.73. The van der Waals surface area contributed by atoms with Crippen molar-refractivity contribution in [2.24, 2.45) is 5.92 Å². The molecule has 0 aromatic heterocycles. The highest BCUT2D eigenvalue weighted by atomic mass is 32.2. The normalized spacial score (nSPS) is 15.1. The lowest BCUT2D eigenvalue weighted by atomic mass is 10.0. The monoisotopic (exact) mass is 279 g/mol. The first-order chi connectivity index (χ1) is 9.16. The van der Waals surface area contributed by atoms with Gasteiger partial charge in [0.05, 0.1) is 5.92 Å². The number of hydrogen-bond donors (Lipinski definition) is 1. The smallest absolute Gasteiger partial charge is 0.310 e. The fourth-order valence-corrected chi connectivity index (χ4v) is 2.81. The molecule has 1 N–H and O–H groups in total. The molecule has 5 heteroatoms. The second-order valence-corrected chi connectivity index (χ2v) is 5.73. The summed E-state index contributed by atoms with van der Waals surface area (Å²) in [5, 5.41) is 8.73. The maximum Gasteiger partial charge on any atom is 0.310 e. The maximum absolute atomic E-state index is 11.7. The largest absolute Gasteiger partial charge is 0.481 e. The summed E-state index contributed by atoms with van der Waals surface area (Å²) in [6.45, 7) is 0.745. The Morgan fingerprint density at radius 3 is 2.58 bits per heavy atom. The van der Waals surface area contributed by atoms with Gasteiger partial charge in [0.2, 0.25) is 5.91 Å². The minimum Gasteiger partial charge on any atom is -0.481 e. The van der Waals surface area contributed by atoms with Gasteiger partial charge in [0, 0.05) is 31.0 Å². The van der Waals surface area contributed by atoms with E-state index in [1.54, 1.807) is 16.7 Å². The van der Waals surface area contributed by atoms with E-state index in [0.29, 0.717) is 19.5 Å². The van der Waals surface area contributed by atoms with Gasteiger partial charge in [0.1, 0.15) is 0 Å². The zero-order valence-electron chi connectivity index (χ0n) is 10.6. The number of aliphatic carboxylic acids is 1. The van der Waals surface area contributed by atoms with Crippen LogP contribution in [0.1, 0.15) is 12.0 Å². The highest BCUT2D eigenvalue weighted by Crippen LogP contribution is 2.18. The Balaban J connectivity index is 1.59. The summed E-state index contributed by atoms with van der Waals surface area (Å²) in [6.07, 6.45) is 0.490. The zero-order chi connectivity index (χ0) is 13.7. The quantitative estimate of drug-likeness (QED) is 0.807. The third kappa shape index (κ3) is 3.99. The number of carboxylic acid groups (broad SMARTS) is 1. The molecule has 1 fully saturated rings. The van der Waals surface area contributed by atoms with Gasteiger partial charge in [-0.1, -0.05) is 30.3 Å². The van der Waals surface area contributed by atoms with Gasteiger partial charge >= 0.3 is 5.97 Å². The van der Waals surface area contributed by atoms with Gasteiger partial charge in [-0.2, -0.15) is 11.8 Å². The van der Waals surface area contributed by atoms with Crippen LogP contribution >= 0.6 is 11.8 Å². The van der Waals surface area contributed by atoms with Crippen LogP contribution in [0.5, 0.6) is 0 Å². The highest BCUT2D eigenvalue weighted by Gasteiger charge is 2.34. The molecule has 1 aromatic carbocycles. The summed E-state index contributed by atoms with van der Waals surface area (Å²) in [5.74, 6) is 0.592. The first-order valence-corrected chi connectivity index (χ1v) is 7.44. The summed E-state index contributed by atoms with van der Waals surface area (Å²) < 4.78 is 0. The van der Waals surface area contributed by atoms with Gasteiger partial charge < -0.3 is 10.0 Å². The first-order valence-electron chi connectivity index (χ1n) is 6.29. The minimum absolute atomic E-state index is 0.0676. The van der Waals surface area contributed by atoms with Gasteiger partial charge in [-0.15, -0.1) is 0 Å². The molecule has 0 radical (unpaired) electrons. The standard InChI is InChI=1S/C14H17NO3S/c16-13(15-8-12(9-15)14(17)18)6-7-19-10-11-4-2-1-3-5-11/h1-5,12H,6-10H2,(H,17,18). The van der Waals surface area contributed by atoms with Gasteiger partial charge in [-0.3, -0.25) is 9.59 Å². The molecule has 1 heterocycles. The van der Waals surface area contributed by atoms with Crippen LogP contribution in [0.15, 0.2) is 30.3 Å². The van der Waals surface area contributed by atoms with Crippen molar-refractivity contribution in [2.75, 3.05) is 18.8 Å². The van der Waals surface area contributed by atoms with E-state index in [9.17, 15) is 9.59 Å². The Morgan fingerprint density at radius 2 is 1.95 bits per heavy atom. The van der Waals surface area contributed by atoms with E-state index < -0.39 is 5.97 Å². The number of hydrogen-bond acceptors (Lipinski definition) is 3. The molecule has 0 bridgehead atoms. The Bertz CT molecular complexity index is 443. The van der Waals surface area contributed by atoms with E-state index in [-0.39, 0.29) is 11.8 Å². The molecule has 0 unspecified atom stereocenters. The molecule has 4 nitrogen and oxygen atoms in total. The predicted octanol–water partition coefficient (Wildman–Crippen LogP) is 1.85. The van der Waals surface area contributed by atoms with Gasteiger partial charge in [0.25, 0.3) is 0 Å². The van der Waals surface area contributed by atoms with Crippen LogP contribution in [-0.4, -0.2) is 40.7 Å². The van der Waals surface area contributed by atoms with E-state index in [0.717, 1.165) is 11.5 Å². The Hall–Kier alpha value is -1.49. The molecular weight excluding hydrogens is 262 g/mol. The van der Waals surface area contributed by atoms with Crippen molar-refractivity contribution in [3.8, 4) is 0 Å². The fraction of sp³-hybridized carbons (Fsp3) is 0.429. The lowest BCUT2D eigenvalue weighted by Crippen LogP contribution is -2.53. The van der Waals surface area contributed by atoms with Crippen LogP contribution in [0.25, 0.3) is 0 Å². The van der Waals surface area contributed by atoms with E-state index in [2.05, 4.69) is 12.1 Å². The van der Waals surface area contributed by atoms with Crippen LogP contribution < -0.4 is 0 Å². The van der Waals surface area contributed by atoms with Crippen molar-refractivity contribution >= 4 is 23.6 Å². The highest BCUT2D eigenvalue weighted by molar-refractivity contribution is 7.98. The van der Waals surface area contributed by atoms with Gasteiger partial charge in [-0.25, -0.2) is 0 Å². The molecule has 102 valence electrons. The molecule has 1 aromatic rings. The van der Waals surface area contributed by atoms with Crippen molar-refractivity contribution in [1.29, 1.82) is 0 Å². The molecule has 1 aliphatic rings. The first kappa shape index (κ1) is 13.9. The summed E-state index contributed by atoms with van der Waals surface area (Å²) in [7, 11) is 0. The van der Waals surface area contributed by atoms with E-state index in [1.165, 1.54) is 5.56 Å². The van der Waals surface area contributed by atoms with E-state index in [4.69, 9.17) is 5.11 Å². The molecule has 0 spiro atoms. The van der Waals surface area contributed by atoms with Crippen molar-refractivity contribution in [2.45, 2.75) is 12.2 Å². The van der Waals surface area contributed by atoms with E-state index in [1.807, 2.05) is 18.2 Å². The number of likely N-dealkylation sites (tertiary alicyclic amines) is 1. The average molecular weight is 279 g/mol. The molecule has 2 rings (SSSR count). The molecule has 0 atom stereocenters. The number of carbonyl (C=O) groups excluding carboxylic acids is 1. The maximum atomic E-state index is 11.7. The van der Waals surface area contributed by atoms with Crippen molar-refractivity contribution < 1.29 is 14.7 Å². The fourth-order valence-electron chi connectivity index (χ4n) is 1.92. The van der Waals surface area contributed by atoms with Crippen LogP contribution in [0.3, 0.4) is 0 Å². The summed E-state index contributed by atoms with van der Waals surface area (Å²) in [4.78, 5) is 24.0. The van der Waals surface area contributed by atoms with Crippen LogP contribution in [0, 0.1) is 5.92 Å². The number of thioether (sulfide) groups is 1. The number of rotatable bonds is 6. The molecule has 19 heavy (non-hydrogen) atoms. The van der Waals surface area contributed by atoms with Crippen molar-refractivity contribution in [3.63, 3.8) is 0 Å². The number of benzene rings is 1. The lowest BCUT2D eigenvalue weighted by Gasteiger charge is -2.36. The van der Waals surface area contributed by atoms with Crippen LogP contribution in [-0.2, 0) is 15.3 Å². The molecule has 0 saturated carbocycles. The Kier molecular flexibility index (Phi) is 4.85. The van der Waals surface area contributed by atoms with Crippen LogP contribution in [0.2, 0.25) is 0 Å². The van der Waals surface area contributed by atoms with Crippen LogP contribution in [0.4, 0.5) is 0 Å². The van der Waals surface area contributed by atoms with Crippen molar-refractivity contribution in [3.05, 3.63) is 35.9 Å². The number of amides is 1. The molecular formula is C14H17NO3S. The molecule has 0 aliphatic carbocycles. The Morgan fingerprint density at radius 1 is 1.26 bits per heavy atom. The predicted molar refractivity (Wildman–Crippen MR) is 74.9 cm³/mol. The SMILES string of the molecule is O=C(O)C1CN(C(=O)CCSCc2ccccc2)C1. The second-order valence-electron chi connectivity index (χ2n) is 4.62. The van der Waals surface area contributed by atoms with E-state index >= 15 is 0 Å². The third-order valence-corrected chi connectivity index (χ3v) is 4.19. The zero-order valence-corrected chi connectivity index (χ0v) is 11.4. The summed E-state index contributed by atoms with van der Waals surface area (Å²) in [6, 6.07) is 10.1. The molecule has 1 amide bonds. The molecule has 1 saturated heterocycles. The topological polar surface area (TPSA) is 57.6 Å². The number of carbonyl (C=O) groups is 2. The summed E-state index contributed by atoms with van der Waals surface area (Å²) in [5.41, 5.74) is 1.26. The third-order valence-electron chi connectivity index (χ3n) is 3.16. The average Bonchev–Trinajstić information content (AvgIpc) is 2.33. The second kappa shape index (κ2) is 6.61. The number of nitrogens with zero attached hydrogens (tertiary/aromatic N) is 1. The van der Waals surface area contributed by atoms with Gasteiger partial charge in [-0.05, 0) is 5.56 Å². The Labute approximate surface area is 116 Å². The van der Waals surface area contributed by atoms with Crippen molar-refractivity contribution in [1.82, 2.24) is 4.90 Å². The lowest BCUT2D eigenvalue weighted by molar-refractivity contribution is -0.152. The number of carboxylic acids is 1.